The van der Waals surface area contributed by atoms with Crippen molar-refractivity contribution in [2.45, 2.75) is 0 Å². The molecular weight excluding hydrogens is 271 g/mol. The molecule has 2 heterocycles. The third kappa shape index (κ3) is 1.82. The van der Waals surface area contributed by atoms with Crippen molar-refractivity contribution in [3.8, 4) is 17.0 Å². The molecule has 3 nitrogen and oxygen atoms in total. The molecule has 0 amide bonds. The van der Waals surface area contributed by atoms with Crippen molar-refractivity contribution in [1.29, 1.82) is 0 Å². The molecule has 0 atom stereocenters. The molecule has 0 aliphatic rings. The van der Waals surface area contributed by atoms with E-state index in [9.17, 15) is 5.11 Å². The topological polar surface area (TPSA) is 37.5 Å². The third-order valence-electron chi connectivity index (χ3n) is 2.67. The number of imidazole rings is 1. The summed E-state index contributed by atoms with van der Waals surface area (Å²) in [5.74, 6) is 0.138. The summed E-state index contributed by atoms with van der Waals surface area (Å²) in [6.07, 6.45) is 3.64. The number of hydrogen-bond donors (Lipinski definition) is 1. The second-order valence-electron chi connectivity index (χ2n) is 3.87. The Morgan fingerprint density at radius 1 is 1.17 bits per heavy atom. The van der Waals surface area contributed by atoms with E-state index in [-0.39, 0.29) is 5.75 Å². The molecular formula is C13H8Cl2N2O. The highest BCUT2D eigenvalue weighted by atomic mass is 35.5. The van der Waals surface area contributed by atoms with Gasteiger partial charge in [-0.3, -0.25) is 0 Å². The predicted molar refractivity (Wildman–Crippen MR) is 72.3 cm³/mol. The molecule has 2 aromatic heterocycles. The van der Waals surface area contributed by atoms with Crippen LogP contribution in [0.25, 0.3) is 16.9 Å². The van der Waals surface area contributed by atoms with Crippen LogP contribution in [0.3, 0.4) is 0 Å². The molecule has 90 valence electrons. The highest BCUT2D eigenvalue weighted by Crippen LogP contribution is 2.32. The lowest BCUT2D eigenvalue weighted by Gasteiger charge is -2.00. The van der Waals surface area contributed by atoms with Crippen LogP contribution < -0.4 is 0 Å². The fourth-order valence-corrected chi connectivity index (χ4v) is 2.21. The van der Waals surface area contributed by atoms with Gasteiger partial charge in [0.15, 0.2) is 5.65 Å². The Bertz CT molecular complexity index is 737. The van der Waals surface area contributed by atoms with E-state index in [0.717, 1.165) is 0 Å². The van der Waals surface area contributed by atoms with Gasteiger partial charge >= 0.3 is 0 Å². The fourth-order valence-electron chi connectivity index (χ4n) is 1.82. The average Bonchev–Trinajstić information content (AvgIpc) is 2.77. The van der Waals surface area contributed by atoms with Gasteiger partial charge in [0.2, 0.25) is 0 Å². The summed E-state index contributed by atoms with van der Waals surface area (Å²) in [4.78, 5) is 4.40. The maximum Gasteiger partial charge on any atom is 0.156 e. The van der Waals surface area contributed by atoms with E-state index >= 15 is 0 Å². The molecule has 0 saturated carbocycles. The summed E-state index contributed by atoms with van der Waals surface area (Å²) in [7, 11) is 0. The number of fused-ring (bicyclic) bond motifs is 1. The third-order valence-corrected chi connectivity index (χ3v) is 3.20. The van der Waals surface area contributed by atoms with Gasteiger partial charge in [0, 0.05) is 23.0 Å². The van der Waals surface area contributed by atoms with E-state index in [1.165, 1.54) is 0 Å². The van der Waals surface area contributed by atoms with Crippen molar-refractivity contribution < 1.29 is 5.11 Å². The van der Waals surface area contributed by atoms with Crippen molar-refractivity contribution in [3.63, 3.8) is 0 Å². The van der Waals surface area contributed by atoms with Crippen molar-refractivity contribution in [2.24, 2.45) is 0 Å². The molecule has 0 radical (unpaired) electrons. The Kier molecular flexibility index (Phi) is 2.65. The van der Waals surface area contributed by atoms with Crippen LogP contribution in [0, 0.1) is 0 Å². The lowest BCUT2D eigenvalue weighted by molar-refractivity contribution is 0.477. The second kappa shape index (κ2) is 4.19. The normalized spacial score (nSPS) is 11.0. The van der Waals surface area contributed by atoms with Gasteiger partial charge in [-0.2, -0.15) is 0 Å². The average molecular weight is 279 g/mol. The van der Waals surface area contributed by atoms with Crippen LogP contribution in [0.1, 0.15) is 0 Å². The number of halogens is 2. The molecule has 1 N–H and O–H groups in total. The number of benzene rings is 1. The Labute approximate surface area is 113 Å². The van der Waals surface area contributed by atoms with Crippen molar-refractivity contribution in [1.82, 2.24) is 9.38 Å². The Morgan fingerprint density at radius 2 is 2.00 bits per heavy atom. The minimum absolute atomic E-state index is 0.138. The zero-order valence-corrected chi connectivity index (χ0v) is 10.7. The molecule has 0 bridgehead atoms. The summed E-state index contributed by atoms with van der Waals surface area (Å²) in [5, 5.41) is 10.9. The van der Waals surface area contributed by atoms with Crippen LogP contribution in [-0.4, -0.2) is 14.5 Å². The van der Waals surface area contributed by atoms with E-state index in [1.54, 1.807) is 34.9 Å². The summed E-state index contributed by atoms with van der Waals surface area (Å²) in [5.41, 5.74) is 1.86. The van der Waals surface area contributed by atoms with Gasteiger partial charge in [0.1, 0.15) is 5.75 Å². The van der Waals surface area contributed by atoms with Crippen LogP contribution in [0.2, 0.25) is 10.0 Å². The minimum Gasteiger partial charge on any atom is -0.507 e. The molecule has 0 unspecified atom stereocenters. The largest absolute Gasteiger partial charge is 0.507 e. The summed E-state index contributed by atoms with van der Waals surface area (Å²) in [6, 6.07) is 8.45. The molecule has 3 aromatic rings. The van der Waals surface area contributed by atoms with Crippen LogP contribution >= 0.6 is 23.2 Å². The van der Waals surface area contributed by atoms with Gasteiger partial charge in [-0.25, -0.2) is 4.98 Å². The number of phenolic OH excluding ortho intramolecular Hbond substituents is 1. The first-order chi connectivity index (χ1) is 8.65. The number of phenols is 1. The molecule has 0 spiro atoms. The van der Waals surface area contributed by atoms with Gasteiger partial charge in [-0.15, -0.1) is 0 Å². The molecule has 0 aliphatic carbocycles. The van der Waals surface area contributed by atoms with Crippen LogP contribution in [0.4, 0.5) is 0 Å². The molecule has 0 fully saturated rings. The molecule has 18 heavy (non-hydrogen) atoms. The van der Waals surface area contributed by atoms with E-state index < -0.39 is 0 Å². The smallest absolute Gasteiger partial charge is 0.156 e. The molecule has 1 aromatic carbocycles. The standard InChI is InChI=1S/C13H8Cl2N2O/c14-8-3-4-12(18)9(6-8)11-7-17-5-1-2-10(15)13(17)16-11/h1-7,18H. The summed E-state index contributed by atoms with van der Waals surface area (Å²) in [6.45, 7) is 0. The number of pyridine rings is 1. The highest BCUT2D eigenvalue weighted by Gasteiger charge is 2.10. The van der Waals surface area contributed by atoms with Crippen LogP contribution in [0.15, 0.2) is 42.7 Å². The van der Waals surface area contributed by atoms with Gasteiger partial charge in [-0.1, -0.05) is 23.2 Å². The molecule has 5 heteroatoms. The number of nitrogens with zero attached hydrogens (tertiary/aromatic N) is 2. The zero-order chi connectivity index (χ0) is 12.7. The number of aromatic nitrogens is 2. The van der Waals surface area contributed by atoms with Gasteiger partial charge in [0.05, 0.1) is 10.7 Å². The lowest BCUT2D eigenvalue weighted by atomic mass is 10.1. The maximum atomic E-state index is 9.84. The minimum atomic E-state index is 0.138. The van der Waals surface area contributed by atoms with E-state index in [0.29, 0.717) is 26.9 Å². The molecule has 0 aliphatic heterocycles. The Hall–Kier alpha value is -1.71. The quantitative estimate of drug-likeness (QED) is 0.730. The SMILES string of the molecule is Oc1ccc(Cl)cc1-c1cn2cccc(Cl)c2n1. The monoisotopic (exact) mass is 278 g/mol. The zero-order valence-electron chi connectivity index (χ0n) is 9.14. The van der Waals surface area contributed by atoms with Crippen molar-refractivity contribution in [2.75, 3.05) is 0 Å². The van der Waals surface area contributed by atoms with Crippen molar-refractivity contribution in [3.05, 3.63) is 52.8 Å². The van der Waals surface area contributed by atoms with E-state index in [4.69, 9.17) is 23.2 Å². The predicted octanol–water partition coefficient (Wildman–Crippen LogP) is 4.01. The van der Waals surface area contributed by atoms with E-state index in [2.05, 4.69) is 4.98 Å². The van der Waals surface area contributed by atoms with Gasteiger partial charge in [-0.05, 0) is 30.3 Å². The first-order valence-corrected chi connectivity index (χ1v) is 6.03. The number of hydrogen-bond acceptors (Lipinski definition) is 2. The Morgan fingerprint density at radius 3 is 2.78 bits per heavy atom. The van der Waals surface area contributed by atoms with Gasteiger partial charge < -0.3 is 9.51 Å². The maximum absolute atomic E-state index is 9.84. The first-order valence-electron chi connectivity index (χ1n) is 5.27. The number of aromatic hydroxyl groups is 1. The van der Waals surface area contributed by atoms with Crippen molar-refractivity contribution >= 4 is 28.8 Å². The van der Waals surface area contributed by atoms with Gasteiger partial charge in [0.25, 0.3) is 0 Å². The second-order valence-corrected chi connectivity index (χ2v) is 4.72. The highest BCUT2D eigenvalue weighted by molar-refractivity contribution is 6.33. The van der Waals surface area contributed by atoms with Crippen LogP contribution in [-0.2, 0) is 0 Å². The summed E-state index contributed by atoms with van der Waals surface area (Å²) < 4.78 is 1.80. The van der Waals surface area contributed by atoms with Crippen LogP contribution in [0.5, 0.6) is 5.75 Å². The number of rotatable bonds is 1. The molecule has 0 saturated heterocycles. The Balaban J connectivity index is 2.26. The summed E-state index contributed by atoms with van der Waals surface area (Å²) >= 11 is 12.0. The fraction of sp³-hybridized carbons (Fsp3) is 0. The lowest BCUT2D eigenvalue weighted by Crippen LogP contribution is -1.80. The first kappa shape index (κ1) is 11.4. The van der Waals surface area contributed by atoms with E-state index in [1.807, 2.05) is 12.3 Å². The molecule has 3 rings (SSSR count).